The first kappa shape index (κ1) is 19.3. The predicted octanol–water partition coefficient (Wildman–Crippen LogP) is 3.13. The average molecular weight is 423 g/mol. The van der Waals surface area contributed by atoms with Gasteiger partial charge >= 0.3 is 5.97 Å². The zero-order valence-corrected chi connectivity index (χ0v) is 17.5. The summed E-state index contributed by atoms with van der Waals surface area (Å²) in [6.07, 6.45) is 5.59. The highest BCUT2D eigenvalue weighted by Crippen LogP contribution is 2.32. The number of carbonyl (C=O) groups excluding carboxylic acids is 1. The van der Waals surface area contributed by atoms with Crippen LogP contribution in [0.5, 0.6) is 0 Å². The number of carbonyl (C=O) groups is 1. The van der Waals surface area contributed by atoms with Crippen LogP contribution < -0.4 is 14.9 Å². The number of thiophene rings is 1. The summed E-state index contributed by atoms with van der Waals surface area (Å²) in [6, 6.07) is 13.2. The van der Waals surface area contributed by atoms with Crippen LogP contribution in [0.15, 0.2) is 75.0 Å². The highest BCUT2D eigenvalue weighted by molar-refractivity contribution is 7.10. The van der Waals surface area contributed by atoms with Crippen LogP contribution >= 0.6 is 22.7 Å². The number of fused-ring (bicyclic) bond motifs is 1. The van der Waals surface area contributed by atoms with E-state index in [-0.39, 0.29) is 5.56 Å². The minimum Gasteiger partial charge on any atom is -0.466 e. The number of hydrogen-bond acceptors (Lipinski definition) is 6. The van der Waals surface area contributed by atoms with Crippen LogP contribution in [0, 0.1) is 0 Å². The monoisotopic (exact) mass is 422 g/mol. The third kappa shape index (κ3) is 3.66. The number of esters is 1. The number of methoxy groups -OCH3 is 1. The first-order valence-electron chi connectivity index (χ1n) is 8.96. The van der Waals surface area contributed by atoms with Crippen molar-refractivity contribution in [3.05, 3.63) is 95.3 Å². The molecule has 0 unspecified atom stereocenters. The first-order chi connectivity index (χ1) is 14.1. The summed E-state index contributed by atoms with van der Waals surface area (Å²) in [5.74, 6) is -0.470. The van der Waals surface area contributed by atoms with E-state index in [1.54, 1.807) is 17.6 Å². The topological polar surface area (TPSA) is 60.7 Å². The summed E-state index contributed by atoms with van der Waals surface area (Å²) < 4.78 is 7.14. The fourth-order valence-electron chi connectivity index (χ4n) is 3.23. The first-order valence-corrected chi connectivity index (χ1v) is 10.7. The standard InChI is InChI=1S/C22H18N2O3S2/c1-14-18(21(26)27-2)19(16-12-7-13-28-16)24-20(25)17(29-22(24)23-14)11-6-10-15-8-4-3-5-9-15/h3-13,19H,1-2H3/b10-6+,17-11?/t19-/m1/s1. The van der Waals surface area contributed by atoms with E-state index >= 15 is 0 Å². The Kier molecular flexibility index (Phi) is 5.42. The van der Waals surface area contributed by atoms with Crippen LogP contribution in [0.2, 0.25) is 0 Å². The van der Waals surface area contributed by atoms with Crippen LogP contribution in [0.3, 0.4) is 0 Å². The third-order valence-corrected chi connectivity index (χ3v) is 6.50. The number of nitrogens with zero attached hydrogens (tertiary/aromatic N) is 2. The lowest BCUT2D eigenvalue weighted by Gasteiger charge is -2.22. The van der Waals surface area contributed by atoms with Crippen molar-refractivity contribution in [2.24, 2.45) is 4.99 Å². The van der Waals surface area contributed by atoms with Gasteiger partial charge in [0.05, 0.1) is 22.9 Å². The molecule has 0 spiro atoms. The summed E-state index contributed by atoms with van der Waals surface area (Å²) in [5.41, 5.74) is 1.85. The van der Waals surface area contributed by atoms with Gasteiger partial charge in [0.15, 0.2) is 4.80 Å². The summed E-state index contributed by atoms with van der Waals surface area (Å²) in [7, 11) is 1.34. The molecule has 3 heterocycles. The van der Waals surface area contributed by atoms with E-state index in [0.29, 0.717) is 20.6 Å². The molecule has 0 bridgehead atoms. The maximum Gasteiger partial charge on any atom is 0.338 e. The Labute approximate surface area is 175 Å². The number of allylic oxidation sites excluding steroid dienone is 2. The van der Waals surface area contributed by atoms with Gasteiger partial charge in [-0.1, -0.05) is 59.9 Å². The Morgan fingerprint density at radius 3 is 2.69 bits per heavy atom. The summed E-state index contributed by atoms with van der Waals surface area (Å²) in [4.78, 5) is 31.7. The zero-order valence-electron chi connectivity index (χ0n) is 15.9. The quantitative estimate of drug-likeness (QED) is 0.607. The summed E-state index contributed by atoms with van der Waals surface area (Å²) in [5, 5.41) is 1.93. The maximum atomic E-state index is 13.2. The molecule has 0 saturated carbocycles. The molecule has 1 aromatic carbocycles. The average Bonchev–Trinajstić information content (AvgIpc) is 3.36. The van der Waals surface area contributed by atoms with Crippen molar-refractivity contribution in [2.75, 3.05) is 7.11 Å². The number of aromatic nitrogens is 1. The molecule has 1 aliphatic rings. The van der Waals surface area contributed by atoms with Gasteiger partial charge < -0.3 is 4.74 Å². The normalized spacial score (nSPS) is 16.8. The Morgan fingerprint density at radius 1 is 1.21 bits per heavy atom. The molecule has 0 amide bonds. The van der Waals surface area contributed by atoms with Crippen molar-refractivity contribution in [1.29, 1.82) is 0 Å². The predicted molar refractivity (Wildman–Crippen MR) is 116 cm³/mol. The van der Waals surface area contributed by atoms with Gasteiger partial charge in [0.1, 0.15) is 6.04 Å². The lowest BCUT2D eigenvalue weighted by Crippen LogP contribution is -2.39. The zero-order chi connectivity index (χ0) is 20.4. The van der Waals surface area contributed by atoms with E-state index < -0.39 is 12.0 Å². The van der Waals surface area contributed by atoms with Crippen LogP contribution in [-0.2, 0) is 9.53 Å². The highest BCUT2D eigenvalue weighted by Gasteiger charge is 2.33. The molecule has 1 aliphatic heterocycles. The smallest absolute Gasteiger partial charge is 0.338 e. The lowest BCUT2D eigenvalue weighted by molar-refractivity contribution is -0.136. The summed E-state index contributed by atoms with van der Waals surface area (Å²) >= 11 is 2.82. The van der Waals surface area contributed by atoms with E-state index in [4.69, 9.17) is 4.74 Å². The van der Waals surface area contributed by atoms with Crippen molar-refractivity contribution in [1.82, 2.24) is 4.57 Å². The number of thiazole rings is 1. The Balaban J connectivity index is 1.85. The highest BCUT2D eigenvalue weighted by atomic mass is 32.1. The molecule has 5 nitrogen and oxygen atoms in total. The molecular weight excluding hydrogens is 404 g/mol. The van der Waals surface area contributed by atoms with Gasteiger partial charge in [0, 0.05) is 4.88 Å². The van der Waals surface area contributed by atoms with Gasteiger partial charge in [-0.25, -0.2) is 9.79 Å². The third-order valence-electron chi connectivity index (χ3n) is 4.58. The van der Waals surface area contributed by atoms with Crippen LogP contribution in [0.25, 0.3) is 12.2 Å². The second-order valence-corrected chi connectivity index (χ2v) is 8.37. The van der Waals surface area contributed by atoms with E-state index in [1.807, 2.05) is 60.0 Å². The number of hydrogen-bond donors (Lipinski definition) is 0. The Hall–Kier alpha value is -3.03. The molecule has 7 heteroatoms. The van der Waals surface area contributed by atoms with Crippen molar-refractivity contribution < 1.29 is 9.53 Å². The van der Waals surface area contributed by atoms with Gasteiger partial charge in [-0.15, -0.1) is 11.3 Å². The molecule has 4 rings (SSSR count). The van der Waals surface area contributed by atoms with Crippen LogP contribution in [0.4, 0.5) is 0 Å². The number of benzene rings is 1. The molecule has 0 saturated heterocycles. The second kappa shape index (κ2) is 8.14. The molecule has 29 heavy (non-hydrogen) atoms. The Bertz CT molecular complexity index is 1280. The fraction of sp³-hybridized carbons (Fsp3) is 0.136. The van der Waals surface area contributed by atoms with E-state index in [2.05, 4.69) is 4.99 Å². The summed E-state index contributed by atoms with van der Waals surface area (Å²) in [6.45, 7) is 1.78. The molecule has 1 atom stereocenters. The van der Waals surface area contributed by atoms with Crippen LogP contribution in [-0.4, -0.2) is 17.6 Å². The minimum absolute atomic E-state index is 0.168. The number of ether oxygens (including phenoxy) is 1. The molecular formula is C22H18N2O3S2. The molecule has 0 N–H and O–H groups in total. The molecule has 2 aromatic heterocycles. The van der Waals surface area contributed by atoms with Crippen LogP contribution in [0.1, 0.15) is 23.4 Å². The van der Waals surface area contributed by atoms with Gasteiger partial charge in [-0.05, 0) is 30.0 Å². The molecule has 0 aliphatic carbocycles. The molecule has 3 aromatic rings. The van der Waals surface area contributed by atoms with Crippen molar-refractivity contribution in [3.8, 4) is 0 Å². The minimum atomic E-state index is -0.529. The largest absolute Gasteiger partial charge is 0.466 e. The fourth-order valence-corrected chi connectivity index (χ4v) is 5.06. The molecule has 0 fully saturated rings. The maximum absolute atomic E-state index is 13.2. The lowest BCUT2D eigenvalue weighted by atomic mass is 10.0. The molecule has 0 radical (unpaired) electrons. The second-order valence-electron chi connectivity index (χ2n) is 6.38. The van der Waals surface area contributed by atoms with Crippen molar-refractivity contribution in [3.63, 3.8) is 0 Å². The van der Waals surface area contributed by atoms with Crippen molar-refractivity contribution in [2.45, 2.75) is 13.0 Å². The van der Waals surface area contributed by atoms with Gasteiger partial charge in [-0.2, -0.15) is 0 Å². The van der Waals surface area contributed by atoms with E-state index in [1.165, 1.54) is 29.8 Å². The van der Waals surface area contributed by atoms with Crippen molar-refractivity contribution >= 4 is 40.8 Å². The van der Waals surface area contributed by atoms with Gasteiger partial charge in [-0.3, -0.25) is 9.36 Å². The van der Waals surface area contributed by atoms with Gasteiger partial charge in [0.25, 0.3) is 5.56 Å². The number of rotatable bonds is 4. The SMILES string of the molecule is COC(=O)C1=C(C)N=c2sc(=C/C=C/c3ccccc3)c(=O)n2[C@@H]1c1cccs1. The van der Waals surface area contributed by atoms with Gasteiger partial charge in [0.2, 0.25) is 0 Å². The van der Waals surface area contributed by atoms with E-state index in [0.717, 1.165) is 10.4 Å². The Morgan fingerprint density at radius 2 is 2.00 bits per heavy atom. The van der Waals surface area contributed by atoms with E-state index in [9.17, 15) is 9.59 Å². The molecule has 146 valence electrons.